The molecule has 116 valence electrons. The van der Waals surface area contributed by atoms with E-state index < -0.39 is 0 Å². The molecule has 0 unspecified atom stereocenters. The first-order chi connectivity index (χ1) is 10.2. The highest BCUT2D eigenvalue weighted by molar-refractivity contribution is 5.75. The molecule has 0 fully saturated rings. The molecule has 0 saturated carbocycles. The molecule has 2 N–H and O–H groups in total. The second kappa shape index (κ2) is 7.73. The summed E-state index contributed by atoms with van der Waals surface area (Å²) >= 11 is 0. The van der Waals surface area contributed by atoms with Crippen molar-refractivity contribution in [3.63, 3.8) is 0 Å². The Kier molecular flexibility index (Phi) is 5.68. The highest BCUT2D eigenvalue weighted by Crippen LogP contribution is 2.38. The van der Waals surface area contributed by atoms with E-state index >= 15 is 0 Å². The van der Waals surface area contributed by atoms with Crippen LogP contribution in [0.1, 0.15) is 25.3 Å². The second-order valence-corrected chi connectivity index (χ2v) is 4.72. The fourth-order valence-corrected chi connectivity index (χ4v) is 2.04. The maximum atomic E-state index is 11.2. The summed E-state index contributed by atoms with van der Waals surface area (Å²) in [5, 5.41) is 5.87. The van der Waals surface area contributed by atoms with Crippen LogP contribution in [-0.4, -0.2) is 32.9 Å². The molecule has 0 aromatic heterocycles. The van der Waals surface area contributed by atoms with Crippen molar-refractivity contribution in [2.24, 2.45) is 0 Å². The van der Waals surface area contributed by atoms with Gasteiger partial charge in [-0.25, -0.2) is 0 Å². The SMILES string of the molecule is CCNCc1cc2c(cc1OCCCC(=O)NC)OCO2. The number of hydrogen-bond donors (Lipinski definition) is 2. The van der Waals surface area contributed by atoms with Crippen molar-refractivity contribution < 1.29 is 19.0 Å². The minimum atomic E-state index is 0.0251. The molecular weight excluding hydrogens is 272 g/mol. The van der Waals surface area contributed by atoms with Crippen molar-refractivity contribution in [2.75, 3.05) is 27.0 Å². The number of fused-ring (bicyclic) bond motifs is 1. The van der Waals surface area contributed by atoms with E-state index in [9.17, 15) is 4.79 Å². The van der Waals surface area contributed by atoms with Crippen LogP contribution in [-0.2, 0) is 11.3 Å². The Morgan fingerprint density at radius 3 is 2.81 bits per heavy atom. The number of hydrogen-bond acceptors (Lipinski definition) is 5. The summed E-state index contributed by atoms with van der Waals surface area (Å²) in [7, 11) is 1.63. The van der Waals surface area contributed by atoms with Gasteiger partial charge in [-0.05, 0) is 19.0 Å². The average Bonchev–Trinajstić information content (AvgIpc) is 2.95. The molecule has 6 heteroatoms. The number of carbonyl (C=O) groups is 1. The smallest absolute Gasteiger partial charge is 0.231 e. The average molecular weight is 294 g/mol. The van der Waals surface area contributed by atoms with Gasteiger partial charge in [0, 0.05) is 31.6 Å². The first-order valence-corrected chi connectivity index (χ1v) is 7.21. The molecule has 2 rings (SSSR count). The van der Waals surface area contributed by atoms with Gasteiger partial charge in [-0.2, -0.15) is 0 Å². The lowest BCUT2D eigenvalue weighted by Gasteiger charge is -2.13. The highest BCUT2D eigenvalue weighted by Gasteiger charge is 2.17. The molecule has 1 aromatic rings. The predicted molar refractivity (Wildman–Crippen MR) is 78.7 cm³/mol. The Morgan fingerprint density at radius 1 is 1.33 bits per heavy atom. The Hall–Kier alpha value is -1.95. The lowest BCUT2D eigenvalue weighted by molar-refractivity contribution is -0.120. The third kappa shape index (κ3) is 4.26. The van der Waals surface area contributed by atoms with Crippen LogP contribution in [0.3, 0.4) is 0 Å². The molecule has 21 heavy (non-hydrogen) atoms. The molecule has 1 aliphatic heterocycles. The monoisotopic (exact) mass is 294 g/mol. The van der Waals surface area contributed by atoms with Crippen molar-refractivity contribution in [3.05, 3.63) is 17.7 Å². The molecule has 0 radical (unpaired) electrons. The molecule has 1 aromatic carbocycles. The number of rotatable bonds is 8. The second-order valence-electron chi connectivity index (χ2n) is 4.72. The van der Waals surface area contributed by atoms with Crippen molar-refractivity contribution in [1.29, 1.82) is 0 Å². The summed E-state index contributed by atoms with van der Waals surface area (Å²) in [4.78, 5) is 11.2. The van der Waals surface area contributed by atoms with E-state index in [1.165, 1.54) is 0 Å². The van der Waals surface area contributed by atoms with Crippen LogP contribution in [0, 0.1) is 0 Å². The van der Waals surface area contributed by atoms with E-state index in [0.717, 1.165) is 23.6 Å². The van der Waals surface area contributed by atoms with E-state index in [1.54, 1.807) is 7.05 Å². The Bertz CT molecular complexity index is 491. The molecule has 0 saturated heterocycles. The third-order valence-electron chi connectivity index (χ3n) is 3.21. The molecule has 6 nitrogen and oxygen atoms in total. The Balaban J connectivity index is 1.97. The van der Waals surface area contributed by atoms with E-state index in [0.29, 0.717) is 31.7 Å². The van der Waals surface area contributed by atoms with Gasteiger partial charge in [0.25, 0.3) is 0 Å². The predicted octanol–water partition coefficient (Wildman–Crippen LogP) is 1.43. The van der Waals surface area contributed by atoms with Crippen molar-refractivity contribution in [3.8, 4) is 17.2 Å². The van der Waals surface area contributed by atoms with Crippen LogP contribution in [0.25, 0.3) is 0 Å². The van der Waals surface area contributed by atoms with E-state index in [2.05, 4.69) is 17.6 Å². The number of benzene rings is 1. The van der Waals surface area contributed by atoms with Gasteiger partial charge in [0.1, 0.15) is 5.75 Å². The van der Waals surface area contributed by atoms with Crippen LogP contribution in [0.2, 0.25) is 0 Å². The number of amides is 1. The highest BCUT2D eigenvalue weighted by atomic mass is 16.7. The molecular formula is C15H22N2O4. The first kappa shape index (κ1) is 15.4. The van der Waals surface area contributed by atoms with E-state index in [1.807, 2.05) is 12.1 Å². The molecule has 0 aliphatic carbocycles. The van der Waals surface area contributed by atoms with Gasteiger partial charge in [0.05, 0.1) is 6.61 Å². The fraction of sp³-hybridized carbons (Fsp3) is 0.533. The molecule has 1 aliphatic rings. The normalized spacial score (nSPS) is 12.3. The summed E-state index contributed by atoms with van der Waals surface area (Å²) in [5.41, 5.74) is 1.03. The minimum absolute atomic E-state index is 0.0251. The zero-order valence-corrected chi connectivity index (χ0v) is 12.5. The maximum Gasteiger partial charge on any atom is 0.231 e. The molecule has 0 bridgehead atoms. The number of nitrogens with one attached hydrogen (secondary N) is 2. The van der Waals surface area contributed by atoms with Gasteiger partial charge in [-0.1, -0.05) is 6.92 Å². The quantitative estimate of drug-likeness (QED) is 0.710. The molecule has 1 amide bonds. The van der Waals surface area contributed by atoms with Crippen LogP contribution < -0.4 is 24.8 Å². The maximum absolute atomic E-state index is 11.2. The number of ether oxygens (including phenoxy) is 3. The van der Waals surface area contributed by atoms with Crippen LogP contribution in [0.5, 0.6) is 17.2 Å². The first-order valence-electron chi connectivity index (χ1n) is 7.21. The van der Waals surface area contributed by atoms with Gasteiger partial charge in [-0.3, -0.25) is 4.79 Å². The molecule has 1 heterocycles. The lowest BCUT2D eigenvalue weighted by Crippen LogP contribution is -2.18. The van der Waals surface area contributed by atoms with Crippen molar-refractivity contribution in [1.82, 2.24) is 10.6 Å². The Labute approximate surface area is 124 Å². The van der Waals surface area contributed by atoms with Crippen molar-refractivity contribution >= 4 is 5.91 Å². The minimum Gasteiger partial charge on any atom is -0.493 e. The van der Waals surface area contributed by atoms with Gasteiger partial charge in [0.2, 0.25) is 12.7 Å². The summed E-state index contributed by atoms with van der Waals surface area (Å²) in [6.45, 7) is 4.38. The topological polar surface area (TPSA) is 68.8 Å². The summed E-state index contributed by atoms with van der Waals surface area (Å²) in [5.74, 6) is 2.26. The van der Waals surface area contributed by atoms with Gasteiger partial charge < -0.3 is 24.8 Å². The van der Waals surface area contributed by atoms with E-state index in [4.69, 9.17) is 14.2 Å². The fourth-order valence-electron chi connectivity index (χ4n) is 2.04. The van der Waals surface area contributed by atoms with Gasteiger partial charge >= 0.3 is 0 Å². The van der Waals surface area contributed by atoms with Crippen molar-refractivity contribution in [2.45, 2.75) is 26.3 Å². The Morgan fingerprint density at radius 2 is 2.10 bits per heavy atom. The largest absolute Gasteiger partial charge is 0.493 e. The van der Waals surface area contributed by atoms with Crippen LogP contribution >= 0.6 is 0 Å². The zero-order chi connectivity index (χ0) is 15.1. The zero-order valence-electron chi connectivity index (χ0n) is 12.5. The standard InChI is InChI=1S/C15H22N2O4/c1-3-17-9-11-7-13-14(21-10-20-13)8-12(11)19-6-4-5-15(18)16-2/h7-8,17H,3-6,9-10H2,1-2H3,(H,16,18). The summed E-state index contributed by atoms with van der Waals surface area (Å²) in [6, 6.07) is 3.80. The van der Waals surface area contributed by atoms with E-state index in [-0.39, 0.29) is 12.7 Å². The summed E-state index contributed by atoms with van der Waals surface area (Å²) in [6.07, 6.45) is 1.14. The lowest BCUT2D eigenvalue weighted by atomic mass is 10.1. The summed E-state index contributed by atoms with van der Waals surface area (Å²) < 4.78 is 16.6. The third-order valence-corrected chi connectivity index (χ3v) is 3.21. The van der Waals surface area contributed by atoms with Gasteiger partial charge in [-0.15, -0.1) is 0 Å². The van der Waals surface area contributed by atoms with Crippen LogP contribution in [0.4, 0.5) is 0 Å². The number of carbonyl (C=O) groups excluding carboxylic acids is 1. The molecule has 0 atom stereocenters. The van der Waals surface area contributed by atoms with Crippen LogP contribution in [0.15, 0.2) is 12.1 Å². The molecule has 0 spiro atoms. The van der Waals surface area contributed by atoms with Gasteiger partial charge in [0.15, 0.2) is 11.5 Å².